The molecule has 0 heterocycles. The molecule has 0 amide bonds. The van der Waals surface area contributed by atoms with Gasteiger partial charge in [-0.2, -0.15) is 0 Å². The third kappa shape index (κ3) is 1.50. The zero-order valence-electron chi connectivity index (χ0n) is 5.85. The second-order valence-electron chi connectivity index (χ2n) is 3.08. The van der Waals surface area contributed by atoms with Crippen molar-refractivity contribution in [2.75, 3.05) is 0 Å². The monoisotopic (exact) mass is 111 g/mol. The molecule has 1 fully saturated rings. The summed E-state index contributed by atoms with van der Waals surface area (Å²) in [5.41, 5.74) is 0. The van der Waals surface area contributed by atoms with Crippen LogP contribution in [0.5, 0.6) is 0 Å². The fraction of sp³-hybridized carbons (Fsp3) is 0.875. The van der Waals surface area contributed by atoms with Gasteiger partial charge < -0.3 is 0 Å². The molecule has 0 bridgehead atoms. The average molecular weight is 111 g/mol. The van der Waals surface area contributed by atoms with Crippen LogP contribution in [0, 0.1) is 18.3 Å². The molecule has 1 aliphatic carbocycles. The maximum atomic E-state index is 2.48. The Bertz CT molecular complexity index is 58.4. The summed E-state index contributed by atoms with van der Waals surface area (Å²) < 4.78 is 0. The van der Waals surface area contributed by atoms with E-state index < -0.39 is 0 Å². The smallest absolute Gasteiger partial charge is 0.0329 e. The van der Waals surface area contributed by atoms with E-state index in [1.165, 1.54) is 19.3 Å². The second-order valence-corrected chi connectivity index (χ2v) is 3.08. The lowest BCUT2D eigenvalue weighted by Crippen LogP contribution is -2.10. The lowest BCUT2D eigenvalue weighted by molar-refractivity contribution is 0.396. The Hall–Kier alpha value is 0. The van der Waals surface area contributed by atoms with Gasteiger partial charge in [-0.25, -0.2) is 0 Å². The molecule has 0 N–H and O–H groups in total. The van der Waals surface area contributed by atoms with Crippen LogP contribution in [-0.2, 0) is 0 Å². The van der Waals surface area contributed by atoms with E-state index >= 15 is 0 Å². The molecule has 47 valence electrons. The van der Waals surface area contributed by atoms with Crippen molar-refractivity contribution in [3.05, 3.63) is 6.42 Å². The zero-order valence-corrected chi connectivity index (χ0v) is 5.85. The zero-order chi connectivity index (χ0) is 5.98. The maximum absolute atomic E-state index is 2.48. The molecule has 1 rings (SSSR count). The molecule has 1 radical (unpaired) electrons. The molecule has 0 nitrogen and oxygen atoms in total. The quantitative estimate of drug-likeness (QED) is 0.451. The van der Waals surface area contributed by atoms with Gasteiger partial charge >= 0.3 is 0 Å². The van der Waals surface area contributed by atoms with Crippen LogP contribution >= 0.6 is 0 Å². The van der Waals surface area contributed by atoms with Crippen molar-refractivity contribution in [3.63, 3.8) is 0 Å². The van der Waals surface area contributed by atoms with E-state index in [2.05, 4.69) is 20.3 Å². The summed E-state index contributed by atoms with van der Waals surface area (Å²) >= 11 is 0. The maximum Gasteiger partial charge on any atom is -0.0329 e. The van der Waals surface area contributed by atoms with Crippen molar-refractivity contribution in [3.8, 4) is 0 Å². The van der Waals surface area contributed by atoms with Gasteiger partial charge in [0, 0.05) is 0 Å². The summed E-state index contributed by atoms with van der Waals surface area (Å²) in [4.78, 5) is 0. The van der Waals surface area contributed by atoms with Crippen LogP contribution in [-0.4, -0.2) is 0 Å². The van der Waals surface area contributed by atoms with Crippen molar-refractivity contribution >= 4 is 0 Å². The van der Waals surface area contributed by atoms with Crippen LogP contribution in [0.15, 0.2) is 0 Å². The van der Waals surface area contributed by atoms with Crippen LogP contribution in [0.3, 0.4) is 0 Å². The summed E-state index contributed by atoms with van der Waals surface area (Å²) in [5.74, 6) is 1.78. The number of hydrogen-bond acceptors (Lipinski definition) is 0. The average Bonchev–Trinajstić information content (AvgIpc) is 1.64. The van der Waals surface area contributed by atoms with Crippen LogP contribution in [0.4, 0.5) is 0 Å². The third-order valence-electron chi connectivity index (χ3n) is 1.98. The molecule has 1 aliphatic rings. The fourth-order valence-electron chi connectivity index (χ4n) is 1.52. The molecule has 0 saturated heterocycles. The van der Waals surface area contributed by atoms with Crippen LogP contribution in [0.1, 0.15) is 33.1 Å². The second kappa shape index (κ2) is 2.52. The molecule has 2 unspecified atom stereocenters. The van der Waals surface area contributed by atoms with Gasteiger partial charge in [-0.05, 0) is 18.3 Å². The molecular weight excluding hydrogens is 96.1 g/mol. The minimum absolute atomic E-state index is 0.888. The van der Waals surface area contributed by atoms with E-state index in [-0.39, 0.29) is 0 Å². The molecule has 0 aromatic heterocycles. The first-order valence-electron chi connectivity index (χ1n) is 3.64. The van der Waals surface area contributed by atoms with Crippen LogP contribution < -0.4 is 0 Å². The van der Waals surface area contributed by atoms with Crippen molar-refractivity contribution < 1.29 is 0 Å². The minimum atomic E-state index is 0.888. The predicted octanol–water partition coefficient (Wildman–Crippen LogP) is 2.65. The van der Waals surface area contributed by atoms with Gasteiger partial charge in [-0.3, -0.25) is 0 Å². The number of rotatable bonds is 0. The first kappa shape index (κ1) is 6.12. The highest BCUT2D eigenvalue weighted by molar-refractivity contribution is 4.82. The summed E-state index contributed by atoms with van der Waals surface area (Å²) in [6.45, 7) is 4.63. The van der Waals surface area contributed by atoms with Crippen molar-refractivity contribution in [1.82, 2.24) is 0 Å². The Balaban J connectivity index is 2.23. The molecule has 1 saturated carbocycles. The highest BCUT2D eigenvalue weighted by Crippen LogP contribution is 2.26. The van der Waals surface area contributed by atoms with Crippen LogP contribution in [0.2, 0.25) is 0 Å². The summed E-state index contributed by atoms with van der Waals surface area (Å²) in [6.07, 6.45) is 6.76. The van der Waals surface area contributed by atoms with Crippen LogP contribution in [0.25, 0.3) is 0 Å². The Morgan fingerprint density at radius 3 is 1.88 bits per heavy atom. The first-order valence-corrected chi connectivity index (χ1v) is 3.64. The Kier molecular flexibility index (Phi) is 1.93. The van der Waals surface area contributed by atoms with Gasteiger partial charge in [-0.1, -0.05) is 33.1 Å². The van der Waals surface area contributed by atoms with Gasteiger partial charge in [0.05, 0.1) is 0 Å². The SMILES string of the molecule is CC1[CH]C(C)CCC1. The Morgan fingerprint density at radius 1 is 1.12 bits per heavy atom. The van der Waals surface area contributed by atoms with E-state index in [9.17, 15) is 0 Å². The van der Waals surface area contributed by atoms with E-state index in [4.69, 9.17) is 0 Å². The molecule has 0 spiro atoms. The largest absolute Gasteiger partial charge is 0.0622 e. The third-order valence-corrected chi connectivity index (χ3v) is 1.98. The number of hydrogen-bond donors (Lipinski definition) is 0. The van der Waals surface area contributed by atoms with E-state index in [1.807, 2.05) is 0 Å². The molecule has 0 aromatic carbocycles. The molecule has 8 heavy (non-hydrogen) atoms. The Morgan fingerprint density at radius 2 is 1.62 bits per heavy atom. The molecule has 0 aromatic rings. The summed E-state index contributed by atoms with van der Waals surface area (Å²) in [6, 6.07) is 0. The van der Waals surface area contributed by atoms with Gasteiger partial charge in [0.25, 0.3) is 0 Å². The Labute approximate surface area is 52.3 Å². The predicted molar refractivity (Wildman–Crippen MR) is 36.5 cm³/mol. The lowest BCUT2D eigenvalue weighted by atomic mass is 9.84. The van der Waals surface area contributed by atoms with Crippen molar-refractivity contribution in [1.29, 1.82) is 0 Å². The minimum Gasteiger partial charge on any atom is -0.0622 e. The van der Waals surface area contributed by atoms with E-state index in [1.54, 1.807) is 0 Å². The first-order chi connectivity index (χ1) is 3.79. The normalized spacial score (nSPS) is 39.8. The van der Waals surface area contributed by atoms with Crippen molar-refractivity contribution in [2.45, 2.75) is 33.1 Å². The highest BCUT2D eigenvalue weighted by Gasteiger charge is 2.13. The topological polar surface area (TPSA) is 0 Å². The van der Waals surface area contributed by atoms with Gasteiger partial charge in [0.1, 0.15) is 0 Å². The molecular formula is C8H15. The molecule has 2 atom stereocenters. The summed E-state index contributed by atoms with van der Waals surface area (Å²) in [7, 11) is 0. The van der Waals surface area contributed by atoms with E-state index in [0.29, 0.717) is 0 Å². The molecule has 0 heteroatoms. The van der Waals surface area contributed by atoms with Crippen molar-refractivity contribution in [2.24, 2.45) is 11.8 Å². The highest BCUT2D eigenvalue weighted by atomic mass is 14.2. The van der Waals surface area contributed by atoms with Gasteiger partial charge in [0.2, 0.25) is 0 Å². The van der Waals surface area contributed by atoms with Gasteiger partial charge in [-0.15, -0.1) is 0 Å². The summed E-state index contributed by atoms with van der Waals surface area (Å²) in [5, 5.41) is 0. The fourth-order valence-corrected chi connectivity index (χ4v) is 1.52. The standard InChI is InChI=1S/C8H15/c1-7-4-3-5-8(2)6-7/h6-8H,3-5H2,1-2H3. The lowest BCUT2D eigenvalue weighted by Gasteiger charge is -2.22. The van der Waals surface area contributed by atoms with Gasteiger partial charge in [0.15, 0.2) is 0 Å². The van der Waals surface area contributed by atoms with E-state index in [0.717, 1.165) is 11.8 Å². The molecule has 0 aliphatic heterocycles.